The first kappa shape index (κ1) is 20.8. The average Bonchev–Trinajstić information content (AvgIpc) is 3.16. The summed E-state index contributed by atoms with van der Waals surface area (Å²) in [5.74, 6) is 0.580. The van der Waals surface area contributed by atoms with E-state index in [0.29, 0.717) is 24.6 Å². The molecule has 162 valence electrons. The number of pyridine rings is 2. The summed E-state index contributed by atoms with van der Waals surface area (Å²) in [5, 5.41) is 6.85. The van der Waals surface area contributed by atoms with E-state index >= 15 is 0 Å². The van der Waals surface area contributed by atoms with Crippen molar-refractivity contribution in [1.29, 1.82) is 0 Å². The topological polar surface area (TPSA) is 85.2 Å². The normalized spacial score (nSPS) is 14.5. The molecule has 0 bridgehead atoms. The number of amides is 1. The molecule has 3 aromatic heterocycles. The minimum atomic E-state index is -4.47. The SMILES string of the molecule is Cc1c(C(=O)Nc2ccc(N3CCOCC3)nc2)cnn1-c1ccc(C(F)(F)F)cn1. The molecule has 0 aliphatic carbocycles. The van der Waals surface area contributed by atoms with Gasteiger partial charge in [-0.05, 0) is 31.2 Å². The molecule has 4 rings (SSSR count). The first-order valence-corrected chi connectivity index (χ1v) is 9.51. The van der Waals surface area contributed by atoms with Crippen molar-refractivity contribution in [2.75, 3.05) is 36.5 Å². The zero-order chi connectivity index (χ0) is 22.0. The van der Waals surface area contributed by atoms with Crippen LogP contribution >= 0.6 is 0 Å². The lowest BCUT2D eigenvalue weighted by molar-refractivity contribution is -0.137. The van der Waals surface area contributed by atoms with Crippen molar-refractivity contribution < 1.29 is 22.7 Å². The van der Waals surface area contributed by atoms with Gasteiger partial charge in [-0.3, -0.25) is 4.79 Å². The average molecular weight is 432 g/mol. The summed E-state index contributed by atoms with van der Waals surface area (Å²) in [5.41, 5.74) is 0.385. The zero-order valence-electron chi connectivity index (χ0n) is 16.6. The maximum Gasteiger partial charge on any atom is 0.417 e. The van der Waals surface area contributed by atoms with E-state index in [9.17, 15) is 18.0 Å². The molecule has 0 saturated carbocycles. The Balaban J connectivity index is 1.46. The molecule has 31 heavy (non-hydrogen) atoms. The molecule has 0 radical (unpaired) electrons. The van der Waals surface area contributed by atoms with E-state index in [1.165, 1.54) is 16.9 Å². The molecular formula is C20H19F3N6O2. The largest absolute Gasteiger partial charge is 0.417 e. The number of hydrogen-bond donors (Lipinski definition) is 1. The van der Waals surface area contributed by atoms with E-state index in [2.05, 4.69) is 25.3 Å². The summed E-state index contributed by atoms with van der Waals surface area (Å²) < 4.78 is 44.8. The summed E-state index contributed by atoms with van der Waals surface area (Å²) >= 11 is 0. The summed E-state index contributed by atoms with van der Waals surface area (Å²) in [4.78, 5) is 23.0. The van der Waals surface area contributed by atoms with Crippen LogP contribution in [0.2, 0.25) is 0 Å². The second kappa shape index (κ2) is 8.34. The molecule has 8 nitrogen and oxygen atoms in total. The summed E-state index contributed by atoms with van der Waals surface area (Å²) in [6, 6.07) is 5.71. The van der Waals surface area contributed by atoms with Crippen LogP contribution in [0.3, 0.4) is 0 Å². The third-order valence-corrected chi connectivity index (χ3v) is 4.89. The molecule has 1 aliphatic heterocycles. The Hall–Kier alpha value is -3.47. The van der Waals surface area contributed by atoms with Crippen molar-refractivity contribution in [3.8, 4) is 5.82 Å². The highest BCUT2D eigenvalue weighted by Crippen LogP contribution is 2.29. The number of morpholine rings is 1. The van der Waals surface area contributed by atoms with Crippen molar-refractivity contribution in [3.63, 3.8) is 0 Å². The van der Waals surface area contributed by atoms with Gasteiger partial charge in [0, 0.05) is 19.3 Å². The highest BCUT2D eigenvalue weighted by molar-refractivity contribution is 6.04. The van der Waals surface area contributed by atoms with Crippen LogP contribution in [0.1, 0.15) is 21.6 Å². The Morgan fingerprint density at radius 3 is 2.35 bits per heavy atom. The Bertz CT molecular complexity index is 1060. The molecular weight excluding hydrogens is 413 g/mol. The van der Waals surface area contributed by atoms with Gasteiger partial charge in [0.1, 0.15) is 5.82 Å². The minimum Gasteiger partial charge on any atom is -0.378 e. The van der Waals surface area contributed by atoms with E-state index in [-0.39, 0.29) is 11.4 Å². The highest BCUT2D eigenvalue weighted by Gasteiger charge is 2.30. The van der Waals surface area contributed by atoms with Gasteiger partial charge in [-0.15, -0.1) is 0 Å². The maximum absolute atomic E-state index is 12.7. The second-order valence-electron chi connectivity index (χ2n) is 6.92. The van der Waals surface area contributed by atoms with Gasteiger partial charge in [0.05, 0.1) is 48.1 Å². The lowest BCUT2D eigenvalue weighted by atomic mass is 10.2. The molecule has 1 aliphatic rings. The van der Waals surface area contributed by atoms with Gasteiger partial charge in [-0.2, -0.15) is 18.3 Å². The quantitative estimate of drug-likeness (QED) is 0.682. The molecule has 3 aromatic rings. The van der Waals surface area contributed by atoms with E-state index < -0.39 is 17.6 Å². The van der Waals surface area contributed by atoms with E-state index in [4.69, 9.17) is 4.74 Å². The molecule has 0 aromatic carbocycles. The fourth-order valence-corrected chi connectivity index (χ4v) is 3.18. The number of carbonyl (C=O) groups is 1. The number of anilines is 2. The smallest absolute Gasteiger partial charge is 0.378 e. The minimum absolute atomic E-state index is 0.182. The third kappa shape index (κ3) is 4.50. The lowest BCUT2D eigenvalue weighted by Gasteiger charge is -2.27. The third-order valence-electron chi connectivity index (χ3n) is 4.89. The number of aromatic nitrogens is 4. The summed E-state index contributed by atoms with van der Waals surface area (Å²) in [6.45, 7) is 4.46. The number of carbonyl (C=O) groups excluding carboxylic acids is 1. The standard InChI is InChI=1S/C20H19F3N6O2/c1-13-16(12-26-29(13)18-4-2-14(10-24-18)20(21,22)23)19(30)27-15-3-5-17(25-11-15)28-6-8-31-9-7-28/h2-5,10-12H,6-9H2,1H3,(H,27,30). The van der Waals surface area contributed by atoms with Crippen molar-refractivity contribution in [1.82, 2.24) is 19.7 Å². The molecule has 1 N–H and O–H groups in total. The Morgan fingerprint density at radius 1 is 1.03 bits per heavy atom. The molecule has 11 heteroatoms. The molecule has 4 heterocycles. The number of nitrogens with one attached hydrogen (secondary N) is 1. The molecule has 1 saturated heterocycles. The van der Waals surface area contributed by atoms with Crippen LogP contribution in [-0.4, -0.2) is 52.0 Å². The van der Waals surface area contributed by atoms with Gasteiger partial charge in [-0.25, -0.2) is 14.6 Å². The van der Waals surface area contributed by atoms with Gasteiger partial charge in [0.25, 0.3) is 5.91 Å². The number of nitrogens with zero attached hydrogens (tertiary/aromatic N) is 5. The van der Waals surface area contributed by atoms with E-state index in [1.807, 2.05) is 6.07 Å². The number of ether oxygens (including phenoxy) is 1. The van der Waals surface area contributed by atoms with Crippen molar-refractivity contribution in [3.05, 3.63) is 59.7 Å². The van der Waals surface area contributed by atoms with Crippen molar-refractivity contribution >= 4 is 17.4 Å². The van der Waals surface area contributed by atoms with E-state index in [0.717, 1.165) is 31.2 Å². The van der Waals surface area contributed by atoms with Crippen LogP contribution in [-0.2, 0) is 10.9 Å². The fraction of sp³-hybridized carbons (Fsp3) is 0.300. The number of halogens is 3. The van der Waals surface area contributed by atoms with Crippen LogP contribution in [0.25, 0.3) is 5.82 Å². The Labute approximate surface area is 175 Å². The predicted octanol–water partition coefficient (Wildman–Crippen LogP) is 3.08. The molecule has 0 unspecified atom stereocenters. The number of rotatable bonds is 4. The molecule has 0 atom stereocenters. The number of alkyl halides is 3. The van der Waals surface area contributed by atoms with Gasteiger partial charge in [0.15, 0.2) is 5.82 Å². The van der Waals surface area contributed by atoms with Gasteiger partial charge in [0.2, 0.25) is 0 Å². The maximum atomic E-state index is 12.7. The summed E-state index contributed by atoms with van der Waals surface area (Å²) in [7, 11) is 0. The van der Waals surface area contributed by atoms with Gasteiger partial charge >= 0.3 is 6.18 Å². The molecule has 1 fully saturated rings. The van der Waals surface area contributed by atoms with Crippen LogP contribution in [0.4, 0.5) is 24.7 Å². The lowest BCUT2D eigenvalue weighted by Crippen LogP contribution is -2.36. The van der Waals surface area contributed by atoms with E-state index in [1.54, 1.807) is 19.2 Å². The van der Waals surface area contributed by atoms with Crippen LogP contribution in [0.5, 0.6) is 0 Å². The monoisotopic (exact) mass is 432 g/mol. The number of hydrogen-bond acceptors (Lipinski definition) is 6. The predicted molar refractivity (Wildman–Crippen MR) is 106 cm³/mol. The second-order valence-corrected chi connectivity index (χ2v) is 6.92. The van der Waals surface area contributed by atoms with Gasteiger partial charge < -0.3 is 15.0 Å². The van der Waals surface area contributed by atoms with Crippen molar-refractivity contribution in [2.45, 2.75) is 13.1 Å². The summed E-state index contributed by atoms with van der Waals surface area (Å²) in [6.07, 6.45) is -0.821. The Kier molecular flexibility index (Phi) is 5.59. The highest BCUT2D eigenvalue weighted by atomic mass is 19.4. The first-order chi connectivity index (χ1) is 14.8. The zero-order valence-corrected chi connectivity index (χ0v) is 16.6. The fourth-order valence-electron chi connectivity index (χ4n) is 3.18. The van der Waals surface area contributed by atoms with Gasteiger partial charge in [-0.1, -0.05) is 0 Å². The van der Waals surface area contributed by atoms with Crippen LogP contribution in [0.15, 0.2) is 42.9 Å². The van der Waals surface area contributed by atoms with Crippen LogP contribution < -0.4 is 10.2 Å². The first-order valence-electron chi connectivity index (χ1n) is 9.51. The molecule has 0 spiro atoms. The van der Waals surface area contributed by atoms with Crippen molar-refractivity contribution in [2.24, 2.45) is 0 Å². The Morgan fingerprint density at radius 2 is 1.74 bits per heavy atom. The molecule has 1 amide bonds. The van der Waals surface area contributed by atoms with Crippen LogP contribution in [0, 0.1) is 6.92 Å².